The molecule has 1 fully saturated rings. The number of esters is 2. The summed E-state index contributed by atoms with van der Waals surface area (Å²) in [6, 6.07) is 9.89. The molecule has 0 spiro atoms. The number of benzene rings is 2. The number of carbonyl (C=O) groups is 3. The second kappa shape index (κ2) is 10.5. The Kier molecular flexibility index (Phi) is 7.74. The zero-order valence-electron chi connectivity index (χ0n) is 17.4. The zero-order valence-corrected chi connectivity index (χ0v) is 18.2. The van der Waals surface area contributed by atoms with Crippen LogP contribution >= 0.6 is 11.8 Å². The van der Waals surface area contributed by atoms with E-state index < -0.39 is 0 Å². The maximum atomic E-state index is 11.9. The summed E-state index contributed by atoms with van der Waals surface area (Å²) in [7, 11) is 1.40. The van der Waals surface area contributed by atoms with Crippen molar-refractivity contribution in [3.05, 3.63) is 35.9 Å². The fourth-order valence-electron chi connectivity index (χ4n) is 3.22. The van der Waals surface area contributed by atoms with E-state index in [1.165, 1.54) is 14.0 Å². The molecule has 0 unspecified atom stereocenters. The molecule has 0 radical (unpaired) electrons. The van der Waals surface area contributed by atoms with Gasteiger partial charge in [0.25, 0.3) is 0 Å². The van der Waals surface area contributed by atoms with Crippen molar-refractivity contribution in [3.8, 4) is 5.75 Å². The van der Waals surface area contributed by atoms with E-state index in [-0.39, 0.29) is 23.8 Å². The van der Waals surface area contributed by atoms with Crippen LogP contribution in [0.15, 0.2) is 35.2 Å². The average molecular weight is 430 g/mol. The molecule has 1 N–H and O–H groups in total. The van der Waals surface area contributed by atoms with Gasteiger partial charge in [-0.3, -0.25) is 14.4 Å². The summed E-state index contributed by atoms with van der Waals surface area (Å²) in [6.45, 7) is 1.93. The lowest BCUT2D eigenvalue weighted by atomic mass is 10.0. The van der Waals surface area contributed by atoms with Gasteiger partial charge in [-0.2, -0.15) is 0 Å². The molecule has 160 valence electrons. The lowest BCUT2D eigenvalue weighted by molar-refractivity contribution is -0.140. The largest absolute Gasteiger partial charge is 0.469 e. The maximum Gasteiger partial charge on any atom is 0.308 e. The first-order valence-corrected chi connectivity index (χ1v) is 11.2. The molecule has 1 saturated carbocycles. The first kappa shape index (κ1) is 22.2. The van der Waals surface area contributed by atoms with Crippen molar-refractivity contribution in [1.82, 2.24) is 5.32 Å². The summed E-state index contributed by atoms with van der Waals surface area (Å²) in [4.78, 5) is 35.7. The number of hydrogen-bond acceptors (Lipinski definition) is 6. The monoisotopic (exact) mass is 429 g/mol. The number of carbonyl (C=O) groups excluding carboxylic acids is 3. The van der Waals surface area contributed by atoms with Crippen LogP contribution in [0.25, 0.3) is 10.8 Å². The average Bonchev–Trinajstić information content (AvgIpc) is 3.56. The molecule has 0 heterocycles. The third-order valence-corrected chi connectivity index (χ3v) is 5.99. The summed E-state index contributed by atoms with van der Waals surface area (Å²) >= 11 is 1.69. The molecule has 2 aromatic rings. The predicted molar refractivity (Wildman–Crippen MR) is 117 cm³/mol. The summed E-state index contributed by atoms with van der Waals surface area (Å²) in [5.41, 5.74) is 1.02. The minimum absolute atomic E-state index is 0.122. The number of fused-ring (bicyclic) bond motifs is 1. The van der Waals surface area contributed by atoms with Crippen LogP contribution in [-0.4, -0.2) is 37.3 Å². The number of methoxy groups -OCH3 is 1. The quantitative estimate of drug-likeness (QED) is 0.267. The molecule has 6 nitrogen and oxygen atoms in total. The van der Waals surface area contributed by atoms with E-state index in [0.717, 1.165) is 46.2 Å². The zero-order chi connectivity index (χ0) is 21.5. The molecule has 1 aliphatic rings. The van der Waals surface area contributed by atoms with Gasteiger partial charge in [0.2, 0.25) is 5.91 Å². The highest BCUT2D eigenvalue weighted by Crippen LogP contribution is 2.31. The van der Waals surface area contributed by atoms with Gasteiger partial charge in [-0.1, -0.05) is 6.07 Å². The molecule has 1 amide bonds. The van der Waals surface area contributed by atoms with E-state index in [0.29, 0.717) is 25.1 Å². The Morgan fingerprint density at radius 3 is 2.67 bits per heavy atom. The van der Waals surface area contributed by atoms with Gasteiger partial charge in [-0.15, -0.1) is 11.8 Å². The minimum Gasteiger partial charge on any atom is -0.469 e. The number of ether oxygens (including phenoxy) is 2. The molecular weight excluding hydrogens is 402 g/mol. The van der Waals surface area contributed by atoms with E-state index in [4.69, 9.17) is 4.74 Å². The normalized spacial score (nSPS) is 13.1. The summed E-state index contributed by atoms with van der Waals surface area (Å²) < 4.78 is 9.98. The fraction of sp³-hybridized carbons (Fsp3) is 0.435. The molecule has 0 aromatic heterocycles. The maximum absolute atomic E-state index is 11.9. The highest BCUT2D eigenvalue weighted by Gasteiger charge is 2.29. The topological polar surface area (TPSA) is 81.7 Å². The Balaban J connectivity index is 1.73. The Bertz CT molecular complexity index is 939. The molecule has 0 saturated heterocycles. The van der Waals surface area contributed by atoms with Crippen LogP contribution in [0.4, 0.5) is 0 Å². The van der Waals surface area contributed by atoms with Gasteiger partial charge in [-0.05, 0) is 72.0 Å². The van der Waals surface area contributed by atoms with Crippen molar-refractivity contribution >= 4 is 40.4 Å². The van der Waals surface area contributed by atoms with Gasteiger partial charge in [0.15, 0.2) is 0 Å². The predicted octanol–water partition coefficient (Wildman–Crippen LogP) is 3.88. The highest BCUT2D eigenvalue weighted by molar-refractivity contribution is 7.99. The minimum atomic E-state index is -0.361. The second-order valence-electron chi connectivity index (χ2n) is 7.40. The van der Waals surface area contributed by atoms with Crippen LogP contribution < -0.4 is 10.1 Å². The third-order valence-electron chi connectivity index (χ3n) is 4.91. The smallest absolute Gasteiger partial charge is 0.308 e. The molecule has 0 bridgehead atoms. The number of nitrogens with one attached hydrogen (secondary N) is 1. The number of hydrogen-bond donors (Lipinski definition) is 1. The Morgan fingerprint density at radius 2 is 1.97 bits per heavy atom. The van der Waals surface area contributed by atoms with E-state index in [9.17, 15) is 14.4 Å². The van der Waals surface area contributed by atoms with Crippen LogP contribution in [0.3, 0.4) is 0 Å². The van der Waals surface area contributed by atoms with Gasteiger partial charge in [-0.25, -0.2) is 0 Å². The molecule has 3 rings (SSSR count). The van der Waals surface area contributed by atoms with E-state index in [1.54, 1.807) is 11.8 Å². The van der Waals surface area contributed by atoms with Crippen molar-refractivity contribution in [2.24, 2.45) is 5.92 Å². The van der Waals surface area contributed by atoms with Crippen molar-refractivity contribution < 1.29 is 23.9 Å². The van der Waals surface area contributed by atoms with Crippen molar-refractivity contribution in [3.63, 3.8) is 0 Å². The SMILES string of the molecule is COC(=O)CCCSc1ccc2cc(OC(C)=O)cc(CCNC(=O)C3CC3)c2c1. The molecule has 7 heteroatoms. The second-order valence-corrected chi connectivity index (χ2v) is 8.57. The van der Waals surface area contributed by atoms with E-state index in [2.05, 4.69) is 16.1 Å². The lowest BCUT2D eigenvalue weighted by Crippen LogP contribution is -2.27. The molecule has 30 heavy (non-hydrogen) atoms. The van der Waals surface area contributed by atoms with Crippen LogP contribution in [0.5, 0.6) is 5.75 Å². The van der Waals surface area contributed by atoms with Gasteiger partial charge in [0.05, 0.1) is 7.11 Å². The van der Waals surface area contributed by atoms with Crippen molar-refractivity contribution in [1.29, 1.82) is 0 Å². The number of rotatable bonds is 10. The fourth-order valence-corrected chi connectivity index (χ4v) is 4.11. The third kappa shape index (κ3) is 6.49. The number of amides is 1. The Labute approximate surface area is 180 Å². The first-order valence-electron chi connectivity index (χ1n) is 10.2. The highest BCUT2D eigenvalue weighted by atomic mass is 32.2. The van der Waals surface area contributed by atoms with Gasteiger partial charge in [0, 0.05) is 30.7 Å². The van der Waals surface area contributed by atoms with Crippen LogP contribution in [0, 0.1) is 5.92 Å². The van der Waals surface area contributed by atoms with Gasteiger partial charge in [0.1, 0.15) is 5.75 Å². The van der Waals surface area contributed by atoms with Crippen LogP contribution in [0.2, 0.25) is 0 Å². The van der Waals surface area contributed by atoms with E-state index >= 15 is 0 Å². The van der Waals surface area contributed by atoms with Crippen molar-refractivity contribution in [2.75, 3.05) is 19.4 Å². The first-order chi connectivity index (χ1) is 14.5. The standard InChI is InChI=1S/C23H27NO5S/c1-15(25)29-19-12-17-7-8-20(30-11-3-4-22(26)28-2)14-21(17)18(13-19)9-10-24-23(27)16-5-6-16/h7-8,12-14,16H,3-6,9-11H2,1-2H3,(H,24,27). The molecule has 0 atom stereocenters. The molecule has 1 aliphatic carbocycles. The lowest BCUT2D eigenvalue weighted by Gasteiger charge is -2.12. The summed E-state index contributed by atoms with van der Waals surface area (Å²) in [5, 5.41) is 5.05. The van der Waals surface area contributed by atoms with Crippen LogP contribution in [-0.2, 0) is 25.5 Å². The molecule has 2 aromatic carbocycles. The molecule has 0 aliphatic heterocycles. The Morgan fingerprint density at radius 1 is 1.17 bits per heavy atom. The van der Waals surface area contributed by atoms with Crippen molar-refractivity contribution in [2.45, 2.75) is 43.9 Å². The Hall–Kier alpha value is -2.54. The molecular formula is C23H27NO5S. The van der Waals surface area contributed by atoms with E-state index in [1.807, 2.05) is 24.3 Å². The number of thioether (sulfide) groups is 1. The van der Waals surface area contributed by atoms with Gasteiger partial charge < -0.3 is 14.8 Å². The summed E-state index contributed by atoms with van der Waals surface area (Å²) in [5.74, 6) is 1.08. The summed E-state index contributed by atoms with van der Waals surface area (Å²) in [6.07, 6.45) is 3.77. The van der Waals surface area contributed by atoms with Crippen LogP contribution in [0.1, 0.15) is 38.2 Å². The van der Waals surface area contributed by atoms with Gasteiger partial charge >= 0.3 is 11.9 Å².